The van der Waals surface area contributed by atoms with Crippen LogP contribution < -0.4 is 0 Å². The number of nitrogens with zero attached hydrogens (tertiary/aromatic N) is 2. The highest BCUT2D eigenvalue weighted by Gasteiger charge is 1.97. The first-order valence-corrected chi connectivity index (χ1v) is 3.61. The molecule has 0 saturated carbocycles. The van der Waals surface area contributed by atoms with Crippen molar-refractivity contribution in [1.29, 1.82) is 0 Å². The number of aromatic amines is 1. The van der Waals surface area contributed by atoms with Crippen molar-refractivity contribution in [3.05, 3.63) is 23.1 Å². The lowest BCUT2D eigenvalue weighted by molar-refractivity contribution is 1.12. The molecule has 2 rings (SSSR count). The number of fused-ring (bicyclic) bond motifs is 1. The van der Waals surface area contributed by atoms with Crippen LogP contribution >= 0.6 is 15.9 Å². The average Bonchev–Trinajstić information content (AvgIpc) is 2.36. The summed E-state index contributed by atoms with van der Waals surface area (Å²) >= 11 is 3.30. The fourth-order valence-corrected chi connectivity index (χ4v) is 1.27. The van der Waals surface area contributed by atoms with Gasteiger partial charge in [-0.05, 0) is 22.0 Å². The number of pyridine rings is 1. The number of halogens is 1. The van der Waals surface area contributed by atoms with Crippen LogP contribution in [0.3, 0.4) is 0 Å². The van der Waals surface area contributed by atoms with Crippen molar-refractivity contribution in [2.75, 3.05) is 0 Å². The Morgan fingerprint density at radius 2 is 2.40 bits per heavy atom. The second-order valence-electron chi connectivity index (χ2n) is 1.93. The second kappa shape index (κ2) is 2.05. The zero-order valence-electron chi connectivity index (χ0n) is 5.00. The highest BCUT2D eigenvalue weighted by molar-refractivity contribution is 9.10. The highest BCUT2D eigenvalue weighted by atomic mass is 79.9. The number of hydrogen-bond acceptors (Lipinski definition) is 2. The van der Waals surface area contributed by atoms with Gasteiger partial charge in [0.25, 0.3) is 0 Å². The summed E-state index contributed by atoms with van der Waals surface area (Å²) in [5.74, 6) is 0. The molecule has 2 heterocycles. The van der Waals surface area contributed by atoms with E-state index in [0.29, 0.717) is 0 Å². The molecule has 0 aliphatic carbocycles. The number of nitrogens with one attached hydrogen (secondary N) is 1. The number of H-pyrrole nitrogens is 1. The largest absolute Gasteiger partial charge is 0.278 e. The predicted molar refractivity (Wildman–Crippen MR) is 41.6 cm³/mol. The van der Waals surface area contributed by atoms with Gasteiger partial charge in [0.15, 0.2) is 0 Å². The van der Waals surface area contributed by atoms with Gasteiger partial charge in [-0.25, -0.2) is 4.98 Å². The van der Waals surface area contributed by atoms with Crippen molar-refractivity contribution < 1.29 is 0 Å². The van der Waals surface area contributed by atoms with E-state index in [1.54, 1.807) is 12.4 Å². The van der Waals surface area contributed by atoms with E-state index in [9.17, 15) is 0 Å². The van der Waals surface area contributed by atoms with Crippen LogP contribution in [0.25, 0.3) is 10.9 Å². The first-order valence-electron chi connectivity index (χ1n) is 2.81. The molecule has 0 fully saturated rings. The molecule has 2 aromatic rings. The Bertz CT molecular complexity index is 355. The summed E-state index contributed by atoms with van der Waals surface area (Å²) in [6.07, 6.45) is 3.47. The average molecular weight is 198 g/mol. The molecule has 10 heavy (non-hydrogen) atoms. The maximum absolute atomic E-state index is 4.04. The van der Waals surface area contributed by atoms with E-state index in [-0.39, 0.29) is 0 Å². The zero-order valence-corrected chi connectivity index (χ0v) is 6.59. The van der Waals surface area contributed by atoms with Crippen molar-refractivity contribution in [3.8, 4) is 0 Å². The Labute approximate surface area is 65.6 Å². The van der Waals surface area contributed by atoms with Crippen LogP contribution in [0, 0.1) is 0 Å². The smallest absolute Gasteiger partial charge is 0.117 e. The summed E-state index contributed by atoms with van der Waals surface area (Å²) in [6.45, 7) is 0. The summed E-state index contributed by atoms with van der Waals surface area (Å²) in [7, 11) is 0. The minimum atomic E-state index is 0.832. The van der Waals surface area contributed by atoms with Gasteiger partial charge in [-0.15, -0.1) is 0 Å². The van der Waals surface area contributed by atoms with E-state index in [2.05, 4.69) is 31.1 Å². The van der Waals surface area contributed by atoms with Gasteiger partial charge in [0, 0.05) is 6.20 Å². The first-order chi connectivity index (χ1) is 4.88. The lowest BCUT2D eigenvalue weighted by Gasteiger charge is -1.88. The maximum atomic E-state index is 4.04. The molecular weight excluding hydrogens is 194 g/mol. The molecule has 3 nitrogen and oxygen atoms in total. The van der Waals surface area contributed by atoms with Crippen LogP contribution in [-0.2, 0) is 0 Å². The van der Waals surface area contributed by atoms with Crippen LogP contribution in [0.4, 0.5) is 0 Å². The Morgan fingerprint density at radius 3 is 3.20 bits per heavy atom. The molecule has 0 spiro atoms. The van der Waals surface area contributed by atoms with Gasteiger partial charge in [0.05, 0.1) is 17.1 Å². The van der Waals surface area contributed by atoms with Crippen molar-refractivity contribution in [2.24, 2.45) is 0 Å². The fourth-order valence-electron chi connectivity index (χ4n) is 0.834. The summed E-state index contributed by atoms with van der Waals surface area (Å²) < 4.78 is 0.832. The zero-order chi connectivity index (χ0) is 6.97. The molecule has 0 radical (unpaired) electrons. The van der Waals surface area contributed by atoms with Crippen molar-refractivity contribution in [3.63, 3.8) is 0 Å². The van der Waals surface area contributed by atoms with Crippen LogP contribution in [-0.4, -0.2) is 15.2 Å². The molecule has 0 atom stereocenters. The van der Waals surface area contributed by atoms with Gasteiger partial charge < -0.3 is 0 Å². The maximum Gasteiger partial charge on any atom is 0.117 e. The van der Waals surface area contributed by atoms with Crippen LogP contribution in [0.5, 0.6) is 0 Å². The molecule has 4 heteroatoms. The molecule has 0 aliphatic rings. The molecule has 0 unspecified atom stereocenters. The third-order valence-electron chi connectivity index (χ3n) is 1.32. The standard InChI is InChI=1S/C6H4BrN3/c7-6-4-3-9-10-5(4)1-2-8-6/h1-3H,(H,9,10). The van der Waals surface area contributed by atoms with Gasteiger partial charge in [-0.2, -0.15) is 5.10 Å². The summed E-state index contributed by atoms with van der Waals surface area (Å²) in [4.78, 5) is 4.04. The molecule has 50 valence electrons. The van der Waals surface area contributed by atoms with E-state index in [1.165, 1.54) is 0 Å². The Morgan fingerprint density at radius 1 is 1.50 bits per heavy atom. The van der Waals surface area contributed by atoms with Crippen LogP contribution in [0.1, 0.15) is 0 Å². The Kier molecular flexibility index (Phi) is 1.20. The molecule has 0 amide bonds. The third kappa shape index (κ3) is 0.724. The molecule has 2 aromatic heterocycles. The fraction of sp³-hybridized carbons (Fsp3) is 0. The molecular formula is C6H4BrN3. The van der Waals surface area contributed by atoms with Gasteiger partial charge >= 0.3 is 0 Å². The van der Waals surface area contributed by atoms with E-state index >= 15 is 0 Å². The first kappa shape index (κ1) is 5.85. The quantitative estimate of drug-likeness (QED) is 0.654. The topological polar surface area (TPSA) is 41.6 Å². The normalized spacial score (nSPS) is 10.5. The molecule has 0 aliphatic heterocycles. The second-order valence-corrected chi connectivity index (χ2v) is 2.68. The minimum Gasteiger partial charge on any atom is -0.278 e. The number of aromatic nitrogens is 3. The molecule has 0 aromatic carbocycles. The predicted octanol–water partition coefficient (Wildman–Crippen LogP) is 1.72. The lowest BCUT2D eigenvalue weighted by atomic mass is 10.3. The number of hydrogen-bond donors (Lipinski definition) is 1. The van der Waals surface area contributed by atoms with Crippen LogP contribution in [0.15, 0.2) is 23.1 Å². The molecule has 0 saturated heterocycles. The van der Waals surface area contributed by atoms with Gasteiger partial charge in [-0.3, -0.25) is 5.10 Å². The van der Waals surface area contributed by atoms with Crippen molar-refractivity contribution in [1.82, 2.24) is 15.2 Å². The van der Waals surface area contributed by atoms with E-state index in [0.717, 1.165) is 15.5 Å². The monoisotopic (exact) mass is 197 g/mol. The SMILES string of the molecule is Brc1nccc2[nH]ncc12. The van der Waals surface area contributed by atoms with Crippen molar-refractivity contribution >= 4 is 26.8 Å². The van der Waals surface area contributed by atoms with Gasteiger partial charge in [0.2, 0.25) is 0 Å². The summed E-state index contributed by atoms with van der Waals surface area (Å²) in [5, 5.41) is 7.72. The van der Waals surface area contributed by atoms with E-state index < -0.39 is 0 Å². The van der Waals surface area contributed by atoms with E-state index in [1.807, 2.05) is 6.07 Å². The van der Waals surface area contributed by atoms with Gasteiger partial charge in [0.1, 0.15) is 4.60 Å². The van der Waals surface area contributed by atoms with Crippen LogP contribution in [0.2, 0.25) is 0 Å². The number of rotatable bonds is 0. The Hall–Kier alpha value is -0.900. The summed E-state index contributed by atoms with van der Waals surface area (Å²) in [5.41, 5.74) is 1.00. The van der Waals surface area contributed by atoms with Crippen molar-refractivity contribution in [2.45, 2.75) is 0 Å². The third-order valence-corrected chi connectivity index (χ3v) is 1.95. The lowest BCUT2D eigenvalue weighted by Crippen LogP contribution is -1.73. The molecule has 1 N–H and O–H groups in total. The highest BCUT2D eigenvalue weighted by Crippen LogP contribution is 2.17. The minimum absolute atomic E-state index is 0.832. The van der Waals surface area contributed by atoms with E-state index in [4.69, 9.17) is 0 Å². The summed E-state index contributed by atoms with van der Waals surface area (Å²) in [6, 6.07) is 1.88. The Balaban J connectivity index is 2.95. The van der Waals surface area contributed by atoms with Gasteiger partial charge in [-0.1, -0.05) is 0 Å². The molecule has 0 bridgehead atoms.